The number of nitrogens with zero attached hydrogens (tertiary/aromatic N) is 2. The van der Waals surface area contributed by atoms with Crippen molar-refractivity contribution in [3.8, 4) is 11.1 Å². The molecule has 1 saturated heterocycles. The summed E-state index contributed by atoms with van der Waals surface area (Å²) in [6, 6.07) is 8.15. The van der Waals surface area contributed by atoms with Gasteiger partial charge in [0.15, 0.2) is 6.23 Å². The van der Waals surface area contributed by atoms with Gasteiger partial charge in [0.05, 0.1) is 10.7 Å². The molecule has 0 aromatic heterocycles. The van der Waals surface area contributed by atoms with Gasteiger partial charge in [-0.1, -0.05) is 17.7 Å². The Bertz CT molecular complexity index is 831. The van der Waals surface area contributed by atoms with Crippen LogP contribution in [0, 0.1) is 11.6 Å². The quantitative estimate of drug-likeness (QED) is 0.758. The Balaban J connectivity index is 1.91. The molecule has 0 spiro atoms. The van der Waals surface area contributed by atoms with Gasteiger partial charge in [0.1, 0.15) is 11.6 Å². The van der Waals surface area contributed by atoms with Crippen LogP contribution in [-0.4, -0.2) is 37.9 Å². The van der Waals surface area contributed by atoms with Crippen molar-refractivity contribution in [2.24, 2.45) is 0 Å². The molecule has 1 aliphatic rings. The molecule has 0 unspecified atom stereocenters. The molecule has 1 aliphatic heterocycles. The lowest BCUT2D eigenvalue weighted by Crippen LogP contribution is -2.36. The van der Waals surface area contributed by atoms with Crippen molar-refractivity contribution in [2.45, 2.75) is 19.1 Å². The summed E-state index contributed by atoms with van der Waals surface area (Å²) in [5.74, 6) is -1.10. The lowest BCUT2D eigenvalue weighted by atomic mass is 10.0. The number of hydrogen-bond donors (Lipinski definition) is 0. The van der Waals surface area contributed by atoms with Gasteiger partial charge in [-0.2, -0.15) is 0 Å². The molecule has 138 valence electrons. The molecule has 3 rings (SSSR count). The third-order valence-electron chi connectivity index (χ3n) is 4.51. The molecule has 4 nitrogen and oxygen atoms in total. The van der Waals surface area contributed by atoms with E-state index in [0.29, 0.717) is 16.8 Å². The Hall–Kier alpha value is -2.18. The number of anilines is 1. The number of amides is 1. The van der Waals surface area contributed by atoms with Crippen LogP contribution in [0.3, 0.4) is 0 Å². The van der Waals surface area contributed by atoms with Crippen molar-refractivity contribution in [2.75, 3.05) is 25.5 Å². The van der Waals surface area contributed by atoms with Crippen LogP contribution in [0.25, 0.3) is 11.1 Å². The molecule has 7 heteroatoms. The van der Waals surface area contributed by atoms with Crippen molar-refractivity contribution in [1.82, 2.24) is 4.90 Å². The molecule has 0 radical (unpaired) electrons. The van der Waals surface area contributed by atoms with Gasteiger partial charge in [0.25, 0.3) is 0 Å². The smallest absolute Gasteiger partial charge is 0.415 e. The second-order valence-corrected chi connectivity index (χ2v) is 6.72. The van der Waals surface area contributed by atoms with Crippen molar-refractivity contribution in [3.63, 3.8) is 0 Å². The van der Waals surface area contributed by atoms with Crippen LogP contribution in [-0.2, 0) is 4.74 Å². The van der Waals surface area contributed by atoms with Crippen molar-refractivity contribution < 1.29 is 18.3 Å². The molecule has 0 saturated carbocycles. The first-order valence-corrected chi connectivity index (χ1v) is 8.64. The van der Waals surface area contributed by atoms with Crippen LogP contribution in [0.2, 0.25) is 5.02 Å². The largest absolute Gasteiger partial charge is 0.430 e. The summed E-state index contributed by atoms with van der Waals surface area (Å²) in [6.07, 6.45) is 0.909. The summed E-state index contributed by atoms with van der Waals surface area (Å²) in [7, 11) is 3.44. The van der Waals surface area contributed by atoms with E-state index in [9.17, 15) is 13.6 Å². The number of benzene rings is 2. The van der Waals surface area contributed by atoms with E-state index in [1.807, 2.05) is 11.9 Å². The molecule has 2 aromatic carbocycles. The van der Waals surface area contributed by atoms with E-state index < -0.39 is 17.7 Å². The fourth-order valence-corrected chi connectivity index (χ4v) is 3.14. The minimum Gasteiger partial charge on any atom is -0.430 e. The van der Waals surface area contributed by atoms with Gasteiger partial charge in [-0.15, -0.1) is 0 Å². The first-order chi connectivity index (χ1) is 12.4. The zero-order valence-electron chi connectivity index (χ0n) is 14.5. The lowest BCUT2D eigenvalue weighted by molar-refractivity contribution is 0.0315. The number of carbonyl (C=O) groups is 1. The molecule has 1 amide bonds. The minimum atomic E-state index is -0.614. The van der Waals surface area contributed by atoms with Gasteiger partial charge in [0, 0.05) is 19.2 Å². The zero-order valence-corrected chi connectivity index (χ0v) is 15.3. The van der Waals surface area contributed by atoms with E-state index in [4.69, 9.17) is 16.3 Å². The van der Waals surface area contributed by atoms with E-state index in [2.05, 4.69) is 0 Å². The van der Waals surface area contributed by atoms with Gasteiger partial charge in [-0.25, -0.2) is 13.6 Å². The molecule has 1 fully saturated rings. The maximum atomic E-state index is 13.8. The number of halogens is 3. The Kier molecular flexibility index (Phi) is 5.44. The minimum absolute atomic E-state index is 0.0243. The lowest BCUT2D eigenvalue weighted by Gasteiger charge is -2.25. The predicted molar refractivity (Wildman–Crippen MR) is 97.3 cm³/mol. The van der Waals surface area contributed by atoms with Crippen LogP contribution in [0.4, 0.5) is 19.3 Å². The van der Waals surface area contributed by atoms with E-state index in [-0.39, 0.29) is 11.3 Å². The topological polar surface area (TPSA) is 32.8 Å². The van der Waals surface area contributed by atoms with Crippen molar-refractivity contribution in [1.29, 1.82) is 0 Å². The molecule has 0 aliphatic carbocycles. The Labute approximate surface area is 155 Å². The summed E-state index contributed by atoms with van der Waals surface area (Å²) in [5, 5.41) is -0.0243. The van der Waals surface area contributed by atoms with Gasteiger partial charge >= 0.3 is 6.09 Å². The van der Waals surface area contributed by atoms with Crippen molar-refractivity contribution >= 4 is 23.4 Å². The number of rotatable bonds is 3. The van der Waals surface area contributed by atoms with Crippen LogP contribution in [0.1, 0.15) is 12.8 Å². The highest BCUT2D eigenvalue weighted by Crippen LogP contribution is 2.33. The average molecular weight is 381 g/mol. The molecule has 1 atom stereocenters. The van der Waals surface area contributed by atoms with Gasteiger partial charge in [-0.3, -0.25) is 9.80 Å². The fourth-order valence-electron chi connectivity index (χ4n) is 3.02. The van der Waals surface area contributed by atoms with Crippen molar-refractivity contribution in [3.05, 3.63) is 53.1 Å². The first-order valence-electron chi connectivity index (χ1n) is 8.26. The van der Waals surface area contributed by atoms with Crippen LogP contribution in [0.15, 0.2) is 36.4 Å². The summed E-state index contributed by atoms with van der Waals surface area (Å²) in [5.41, 5.74) is 1.21. The summed E-state index contributed by atoms with van der Waals surface area (Å²) in [6.45, 7) is 0.869. The standard InChI is InChI=1S/C19H19ClF2N2O2/c1-23-9-3-4-18(23)26-19(25)24(2)17-8-6-13(21)11-14(17)12-5-7-15(20)16(22)10-12/h5-8,10-11,18H,3-4,9H2,1-2H3/t18-/m0/s1. The molecule has 26 heavy (non-hydrogen) atoms. The molecule has 2 aromatic rings. The summed E-state index contributed by atoms with van der Waals surface area (Å²) < 4.78 is 33.2. The number of carbonyl (C=O) groups excluding carboxylic acids is 1. The Morgan fingerprint density at radius 3 is 2.69 bits per heavy atom. The zero-order chi connectivity index (χ0) is 18.8. The Morgan fingerprint density at radius 1 is 1.27 bits per heavy atom. The van der Waals surface area contributed by atoms with E-state index in [1.165, 1.54) is 35.2 Å². The average Bonchev–Trinajstić information content (AvgIpc) is 3.01. The highest BCUT2D eigenvalue weighted by atomic mass is 35.5. The highest BCUT2D eigenvalue weighted by molar-refractivity contribution is 6.30. The second kappa shape index (κ2) is 7.60. The van der Waals surface area contributed by atoms with E-state index >= 15 is 0 Å². The maximum absolute atomic E-state index is 13.8. The monoisotopic (exact) mass is 380 g/mol. The third-order valence-corrected chi connectivity index (χ3v) is 4.82. The van der Waals surface area contributed by atoms with Crippen LogP contribution < -0.4 is 4.90 Å². The molecular weight excluding hydrogens is 362 g/mol. The van der Waals surface area contributed by atoms with Crippen LogP contribution >= 0.6 is 11.6 Å². The van der Waals surface area contributed by atoms with Gasteiger partial charge < -0.3 is 4.74 Å². The number of ether oxygens (including phenoxy) is 1. The molecule has 0 bridgehead atoms. The SMILES string of the molecule is CN(C(=O)O[C@H]1CCCN1C)c1ccc(F)cc1-c1ccc(Cl)c(F)c1. The number of hydrogen-bond acceptors (Lipinski definition) is 3. The highest BCUT2D eigenvalue weighted by Gasteiger charge is 2.27. The van der Waals surface area contributed by atoms with E-state index in [1.54, 1.807) is 13.1 Å². The normalized spacial score (nSPS) is 17.3. The predicted octanol–water partition coefficient (Wildman–Crippen LogP) is 4.91. The van der Waals surface area contributed by atoms with Crippen LogP contribution in [0.5, 0.6) is 0 Å². The van der Waals surface area contributed by atoms with Gasteiger partial charge in [-0.05, 0) is 55.8 Å². The molecule has 0 N–H and O–H groups in total. The van der Waals surface area contributed by atoms with Gasteiger partial charge in [0.2, 0.25) is 0 Å². The summed E-state index contributed by atoms with van der Waals surface area (Å²) in [4.78, 5) is 15.8. The first kappa shape index (κ1) is 18.6. The molecular formula is C19H19ClF2N2O2. The third kappa shape index (κ3) is 3.81. The molecule has 1 heterocycles. The fraction of sp³-hybridized carbons (Fsp3) is 0.316. The second-order valence-electron chi connectivity index (χ2n) is 6.31. The Morgan fingerprint density at radius 2 is 2.04 bits per heavy atom. The summed E-state index contributed by atoms with van der Waals surface area (Å²) >= 11 is 5.72. The van der Waals surface area contributed by atoms with E-state index in [0.717, 1.165) is 19.4 Å². The number of likely N-dealkylation sites (tertiary alicyclic amines) is 1. The maximum Gasteiger partial charge on any atom is 0.415 e.